The second-order valence-corrected chi connectivity index (χ2v) is 32.4. The zero-order valence-corrected chi connectivity index (χ0v) is 54.8. The van der Waals surface area contributed by atoms with Crippen LogP contribution in [-0.4, -0.2) is 57.9 Å². The first-order chi connectivity index (χ1) is 35.5. The van der Waals surface area contributed by atoms with Gasteiger partial charge in [-0.05, 0) is 186 Å². The van der Waals surface area contributed by atoms with E-state index in [9.17, 15) is 9.77 Å². The zero-order chi connectivity index (χ0) is 57.2. The average molecular weight is 1430 g/mol. The summed E-state index contributed by atoms with van der Waals surface area (Å²) in [6, 6.07) is 15.0. The maximum Gasteiger partial charge on any atom is 0.339 e. The van der Waals surface area contributed by atoms with Crippen molar-refractivity contribution in [3.63, 3.8) is 0 Å². The van der Waals surface area contributed by atoms with Gasteiger partial charge in [0.1, 0.15) is 55.1 Å². The summed E-state index contributed by atoms with van der Waals surface area (Å²) < 4.78 is 34.2. The van der Waals surface area contributed by atoms with Gasteiger partial charge in [-0.25, -0.2) is 4.98 Å². The molecule has 14 nitrogen and oxygen atoms in total. The fourth-order valence-corrected chi connectivity index (χ4v) is 8.93. The molecule has 0 unspecified atom stereocenters. The van der Waals surface area contributed by atoms with E-state index in [1.54, 1.807) is 50.0 Å². The summed E-state index contributed by atoms with van der Waals surface area (Å²) in [6.45, 7) is 24.0. The van der Waals surface area contributed by atoms with Crippen molar-refractivity contribution in [1.29, 1.82) is 0 Å². The fourth-order valence-electron chi connectivity index (χ4n) is 6.05. The summed E-state index contributed by atoms with van der Waals surface area (Å²) in [5.41, 5.74) is 12.4. The third-order valence-corrected chi connectivity index (χ3v) is 14.7. The molecule has 10 aromatic rings. The van der Waals surface area contributed by atoms with Crippen molar-refractivity contribution in [3.8, 4) is 23.8 Å². The summed E-state index contributed by atoms with van der Waals surface area (Å²) in [5.74, 6) is 3.65. The van der Waals surface area contributed by atoms with Gasteiger partial charge in [-0.1, -0.05) is 56.8 Å². The van der Waals surface area contributed by atoms with Crippen LogP contribution in [0.1, 0.15) is 53.5 Å². The largest absolute Gasteiger partial charge is 0.506 e. The standard InChI is InChI=1S/C10H12ClNOSi.C10H14NO2Si.C9H9NO.C8H5ClINO.C6H6INO.C6H7NO.C3H4.CH4.Cl3OP/c1-6-5-12-7-4-8(14(2)3)13-10(7)9(6)11;1-7-4-9-8(11(12)6-7)5-10(13-9)14(2)3;1-6-3-9-8(10-5-6)4-7(2)11-9;1-4-3-11-5-2-6(10)12-8(5)7(4)9;1-4-2-5(9)6(7)8-3-4;1-5-2-6(8)4-7-3-5;1-3-2;;1-5(2,3)4/h4-5,14H,1-3H3;4-6,12,14H,1-3H3;3-5H,1-2H3;2-3H,1H3;2-3,9H,1H3;2-4,8H,1H3;1H,2H3;1H4;/q;+1;;;;;;;. The van der Waals surface area contributed by atoms with Crippen LogP contribution in [0.4, 0.5) is 0 Å². The van der Waals surface area contributed by atoms with Crippen molar-refractivity contribution < 1.29 is 42.4 Å². The molecule has 77 heavy (non-hydrogen) atoms. The third-order valence-electron chi connectivity index (χ3n) is 9.58. The molecule has 0 atom stereocenters. The maximum atomic E-state index is 9.62. The molecule has 0 saturated carbocycles. The SMILES string of the molecule is C.C#CC.Cc1cc2oc([SiH](C)C)cc2[n+](O)c1.Cc1cnc(I)c(O)c1.Cc1cnc2cc(C)oc2c1.Cc1cnc2cc(I)oc2c1Cl.Cc1cnc2cc([SiH](C)C)oc2c1Cl.Cc1cncc(O)c1.O=P(Cl)(Cl)Cl. The molecule has 0 bridgehead atoms. The van der Waals surface area contributed by atoms with Gasteiger partial charge in [0.2, 0.25) is 11.8 Å². The molecule has 0 aliphatic rings. The molecule has 0 spiro atoms. The van der Waals surface area contributed by atoms with Crippen LogP contribution in [0.5, 0.6) is 11.5 Å². The first kappa shape index (κ1) is 68.7. The molecule has 0 aromatic carbocycles. The molecule has 412 valence electrons. The molecule has 10 rings (SSSR count). The van der Waals surface area contributed by atoms with Crippen LogP contribution in [0, 0.1) is 68.3 Å². The molecule has 0 radical (unpaired) electrons. The van der Waals surface area contributed by atoms with Gasteiger partial charge in [0.15, 0.2) is 20.5 Å². The number of aromatic nitrogens is 6. The molecule has 0 aliphatic heterocycles. The maximum absolute atomic E-state index is 9.62. The lowest BCUT2D eigenvalue weighted by atomic mass is 10.3. The third kappa shape index (κ3) is 23.5. The Labute approximate surface area is 504 Å². The number of aromatic hydroxyl groups is 2. The number of pyridine rings is 6. The van der Waals surface area contributed by atoms with Crippen molar-refractivity contribution in [1.82, 2.24) is 24.9 Å². The Hall–Kier alpha value is -4.41. The Bertz CT molecular complexity index is 3570. The number of halogens is 7. The minimum Gasteiger partial charge on any atom is -0.506 e. The highest BCUT2D eigenvalue weighted by Crippen LogP contribution is 2.61. The topological polar surface area (TPSA) is 199 Å². The highest BCUT2D eigenvalue weighted by Gasteiger charge is 2.18. The highest BCUT2D eigenvalue weighted by molar-refractivity contribution is 14.1. The lowest BCUT2D eigenvalue weighted by molar-refractivity contribution is -0.884. The van der Waals surface area contributed by atoms with Gasteiger partial charge in [0.05, 0.1) is 33.1 Å². The van der Waals surface area contributed by atoms with Crippen LogP contribution in [-0.2, 0) is 4.57 Å². The van der Waals surface area contributed by atoms with E-state index in [0.717, 1.165) is 97.2 Å². The molecule has 0 fully saturated rings. The minimum absolute atomic E-state index is 0. The number of hydrogen-bond acceptors (Lipinski definition) is 13. The van der Waals surface area contributed by atoms with Crippen LogP contribution < -0.4 is 15.5 Å². The van der Waals surface area contributed by atoms with E-state index in [0.29, 0.717) is 19.3 Å². The zero-order valence-electron chi connectivity index (χ0n) is 43.6. The predicted molar refractivity (Wildman–Crippen MR) is 339 cm³/mol. The van der Waals surface area contributed by atoms with Crippen LogP contribution in [0.15, 0.2) is 110 Å². The van der Waals surface area contributed by atoms with E-state index in [1.807, 2.05) is 114 Å². The normalized spacial score (nSPS) is 10.3. The number of terminal acetylenes is 1. The quantitative estimate of drug-likeness (QED) is 0.0281. The van der Waals surface area contributed by atoms with Gasteiger partial charge in [-0.15, -0.1) is 12.3 Å². The molecule has 0 amide bonds. The van der Waals surface area contributed by atoms with Crippen LogP contribution in [0.25, 0.3) is 44.4 Å². The number of fused-ring (bicyclic) bond motifs is 4. The number of furan rings is 4. The van der Waals surface area contributed by atoms with Crippen molar-refractivity contribution in [2.45, 2.75) is 89.0 Å². The van der Waals surface area contributed by atoms with Gasteiger partial charge in [-0.3, -0.25) is 29.7 Å². The van der Waals surface area contributed by atoms with E-state index in [1.165, 1.54) is 6.20 Å². The van der Waals surface area contributed by atoms with Crippen molar-refractivity contribution in [3.05, 3.63) is 149 Å². The van der Waals surface area contributed by atoms with E-state index in [2.05, 4.69) is 120 Å². The summed E-state index contributed by atoms with van der Waals surface area (Å²) in [4.78, 5) is 20.3. The second-order valence-electron chi connectivity index (χ2n) is 17.2. The molecular weight excluding hydrogens is 1370 g/mol. The van der Waals surface area contributed by atoms with Gasteiger partial charge < -0.3 is 27.9 Å². The van der Waals surface area contributed by atoms with Crippen LogP contribution >= 0.6 is 107 Å². The van der Waals surface area contributed by atoms with E-state index < -0.39 is 22.8 Å². The van der Waals surface area contributed by atoms with E-state index in [4.69, 9.17) is 51.1 Å². The molecule has 24 heteroatoms. The van der Waals surface area contributed by atoms with Gasteiger partial charge in [0.25, 0.3) is 0 Å². The number of hydrogen-bond donors (Lipinski definition) is 3. The van der Waals surface area contributed by atoms with Gasteiger partial charge in [0, 0.05) is 59.5 Å². The summed E-state index contributed by atoms with van der Waals surface area (Å²) in [5, 5.41) is 27.6. The van der Waals surface area contributed by atoms with Crippen LogP contribution in [0.3, 0.4) is 0 Å². The van der Waals surface area contributed by atoms with E-state index >= 15 is 0 Å². The predicted octanol–water partition coefficient (Wildman–Crippen LogP) is 16.2. The van der Waals surface area contributed by atoms with Crippen molar-refractivity contribution >= 4 is 180 Å². The monoisotopic (exact) mass is 1430 g/mol. The van der Waals surface area contributed by atoms with Crippen molar-refractivity contribution in [2.75, 3.05) is 0 Å². The summed E-state index contributed by atoms with van der Waals surface area (Å²) >= 11 is 30.1. The second kappa shape index (κ2) is 32.6. The Morgan fingerprint density at radius 3 is 1.61 bits per heavy atom. The Balaban J connectivity index is 0.000000309. The van der Waals surface area contributed by atoms with Crippen molar-refractivity contribution in [2.24, 2.45) is 0 Å². The highest BCUT2D eigenvalue weighted by atomic mass is 127. The molecule has 10 aromatic heterocycles. The minimum atomic E-state index is -3.22. The molecular formula is C53H61Cl5I2N6O8PSi2+. The lowest BCUT2D eigenvalue weighted by Gasteiger charge is -1.96. The first-order valence-electron chi connectivity index (χ1n) is 22.7. The molecule has 0 aliphatic carbocycles. The van der Waals surface area contributed by atoms with Crippen LogP contribution in [0.2, 0.25) is 36.2 Å². The number of aryl methyl sites for hydroxylation is 7. The Kier molecular flexibility index (Phi) is 29.1. The first-order valence-corrected chi connectivity index (χ1v) is 35.8. The Morgan fingerprint density at radius 1 is 0.623 bits per heavy atom. The smallest absolute Gasteiger partial charge is 0.339 e. The average Bonchev–Trinajstić information content (AvgIpc) is 4.13. The lowest BCUT2D eigenvalue weighted by Crippen LogP contribution is -2.30. The fraction of sp³-hybridized carbons (Fsp3) is 0.245. The summed E-state index contributed by atoms with van der Waals surface area (Å²) in [7, 11) is -1.84. The molecule has 3 N–H and O–H groups in total. The summed E-state index contributed by atoms with van der Waals surface area (Å²) in [6.07, 6.45) is 16.5. The Morgan fingerprint density at radius 2 is 1.10 bits per heavy atom. The van der Waals surface area contributed by atoms with Gasteiger partial charge in [-0.2, -0.15) is 0 Å². The van der Waals surface area contributed by atoms with E-state index in [-0.39, 0.29) is 18.9 Å². The number of rotatable bonds is 2. The molecule has 0 saturated heterocycles. The van der Waals surface area contributed by atoms with Gasteiger partial charge >= 0.3 is 10.7 Å². The molecule has 10 heterocycles. The number of nitrogens with zero attached hydrogens (tertiary/aromatic N) is 6.